The predicted octanol–water partition coefficient (Wildman–Crippen LogP) is 2.98. The van der Waals surface area contributed by atoms with Gasteiger partial charge in [0.05, 0.1) is 11.4 Å². The van der Waals surface area contributed by atoms with Crippen LogP contribution in [0.25, 0.3) is 0 Å². The van der Waals surface area contributed by atoms with Gasteiger partial charge in [0.15, 0.2) is 0 Å². The molecular formula is C18H14N4O2. The lowest BCUT2D eigenvalue weighted by Gasteiger charge is -2.11. The molecule has 0 aliphatic heterocycles. The zero-order chi connectivity index (χ0) is 16.8. The second kappa shape index (κ2) is 7.15. The van der Waals surface area contributed by atoms with Gasteiger partial charge >= 0.3 is 0 Å². The van der Waals surface area contributed by atoms with Crippen LogP contribution in [0.1, 0.15) is 21.0 Å². The number of pyridine rings is 2. The topological polar surface area (TPSA) is 84.0 Å². The van der Waals surface area contributed by atoms with Gasteiger partial charge < -0.3 is 10.6 Å². The summed E-state index contributed by atoms with van der Waals surface area (Å²) in [6, 6.07) is 17.1. The average Bonchev–Trinajstić information content (AvgIpc) is 2.64. The first-order chi connectivity index (χ1) is 11.7. The van der Waals surface area contributed by atoms with Crippen LogP contribution in [-0.4, -0.2) is 21.8 Å². The van der Waals surface area contributed by atoms with Gasteiger partial charge in [-0.25, -0.2) is 0 Å². The second-order valence-corrected chi connectivity index (χ2v) is 4.88. The van der Waals surface area contributed by atoms with Crippen molar-refractivity contribution < 1.29 is 9.59 Å². The molecule has 6 nitrogen and oxygen atoms in total. The summed E-state index contributed by atoms with van der Waals surface area (Å²) < 4.78 is 0. The summed E-state index contributed by atoms with van der Waals surface area (Å²) in [6.45, 7) is 0. The number of benzene rings is 1. The molecule has 0 spiro atoms. The number of amides is 2. The van der Waals surface area contributed by atoms with E-state index in [1.54, 1.807) is 73.1 Å². The van der Waals surface area contributed by atoms with E-state index in [1.807, 2.05) is 0 Å². The first kappa shape index (κ1) is 15.4. The molecule has 2 amide bonds. The number of carbonyl (C=O) groups excluding carboxylic acids is 2. The Morgan fingerprint density at radius 2 is 1.04 bits per heavy atom. The summed E-state index contributed by atoms with van der Waals surface area (Å²) in [6.07, 6.45) is 3.09. The Morgan fingerprint density at radius 3 is 1.42 bits per heavy atom. The fraction of sp³-hybridized carbons (Fsp3) is 0. The van der Waals surface area contributed by atoms with Crippen molar-refractivity contribution in [2.45, 2.75) is 0 Å². The molecule has 0 fully saturated rings. The lowest BCUT2D eigenvalue weighted by molar-refractivity contribution is 0.101. The lowest BCUT2D eigenvalue weighted by Crippen LogP contribution is -2.18. The number of hydrogen-bond donors (Lipinski definition) is 2. The van der Waals surface area contributed by atoms with Crippen LogP contribution in [0.4, 0.5) is 11.4 Å². The first-order valence-electron chi connectivity index (χ1n) is 7.28. The molecule has 0 radical (unpaired) electrons. The maximum Gasteiger partial charge on any atom is 0.274 e. The Hall–Kier alpha value is -3.54. The largest absolute Gasteiger partial charge is 0.319 e. The third-order valence-corrected chi connectivity index (χ3v) is 3.22. The molecule has 0 saturated heterocycles. The Bertz CT molecular complexity index is 779. The van der Waals surface area contributed by atoms with Gasteiger partial charge in [-0.1, -0.05) is 24.3 Å². The Labute approximate surface area is 138 Å². The number of hydrogen-bond acceptors (Lipinski definition) is 4. The fourth-order valence-electron chi connectivity index (χ4n) is 2.07. The van der Waals surface area contributed by atoms with Gasteiger partial charge in [-0.15, -0.1) is 0 Å². The van der Waals surface area contributed by atoms with Crippen molar-refractivity contribution in [2.24, 2.45) is 0 Å². The molecule has 6 heteroatoms. The zero-order valence-corrected chi connectivity index (χ0v) is 12.6. The van der Waals surface area contributed by atoms with Crippen LogP contribution in [0.5, 0.6) is 0 Å². The third kappa shape index (κ3) is 3.61. The van der Waals surface area contributed by atoms with Gasteiger partial charge in [0.25, 0.3) is 11.8 Å². The molecule has 0 bridgehead atoms. The van der Waals surface area contributed by atoms with E-state index in [2.05, 4.69) is 20.6 Å². The number of anilines is 2. The van der Waals surface area contributed by atoms with Crippen molar-refractivity contribution in [3.8, 4) is 0 Å². The minimum Gasteiger partial charge on any atom is -0.319 e. The highest BCUT2D eigenvalue weighted by atomic mass is 16.2. The summed E-state index contributed by atoms with van der Waals surface area (Å²) >= 11 is 0. The SMILES string of the molecule is O=C(Nc1ccccc1NC(=O)c1ccccn1)c1ccccn1. The highest BCUT2D eigenvalue weighted by molar-refractivity contribution is 6.08. The molecule has 2 N–H and O–H groups in total. The molecule has 0 unspecified atom stereocenters. The quantitative estimate of drug-likeness (QED) is 0.774. The van der Waals surface area contributed by atoms with Crippen molar-refractivity contribution in [2.75, 3.05) is 10.6 Å². The average molecular weight is 318 g/mol. The molecule has 0 saturated carbocycles. The molecule has 118 valence electrons. The third-order valence-electron chi connectivity index (χ3n) is 3.22. The number of nitrogens with zero attached hydrogens (tertiary/aromatic N) is 2. The first-order valence-corrected chi connectivity index (χ1v) is 7.28. The van der Waals surface area contributed by atoms with Gasteiger partial charge in [0.2, 0.25) is 0 Å². The van der Waals surface area contributed by atoms with E-state index in [9.17, 15) is 9.59 Å². The van der Waals surface area contributed by atoms with Crippen molar-refractivity contribution in [1.29, 1.82) is 0 Å². The summed E-state index contributed by atoms with van der Waals surface area (Å²) in [4.78, 5) is 32.5. The van der Waals surface area contributed by atoms with E-state index in [0.29, 0.717) is 22.8 Å². The van der Waals surface area contributed by atoms with E-state index >= 15 is 0 Å². The van der Waals surface area contributed by atoms with E-state index in [4.69, 9.17) is 0 Å². The normalized spacial score (nSPS) is 10.0. The van der Waals surface area contributed by atoms with Crippen molar-refractivity contribution in [1.82, 2.24) is 9.97 Å². The summed E-state index contributed by atoms with van der Waals surface area (Å²) in [5, 5.41) is 5.49. The standard InChI is InChI=1S/C18H14N4O2/c23-17(15-9-3-5-11-19-15)21-13-7-1-2-8-14(13)22-18(24)16-10-4-6-12-20-16/h1-12H,(H,21,23)(H,22,24). The molecule has 24 heavy (non-hydrogen) atoms. The molecule has 2 heterocycles. The Balaban J connectivity index is 1.78. The molecule has 3 aromatic rings. The van der Waals surface area contributed by atoms with Crippen molar-refractivity contribution in [3.05, 3.63) is 84.4 Å². The predicted molar refractivity (Wildman–Crippen MR) is 90.8 cm³/mol. The van der Waals surface area contributed by atoms with Crippen LogP contribution in [-0.2, 0) is 0 Å². The molecule has 3 rings (SSSR count). The van der Waals surface area contributed by atoms with E-state index in [0.717, 1.165) is 0 Å². The van der Waals surface area contributed by atoms with E-state index in [-0.39, 0.29) is 11.8 Å². The minimum absolute atomic E-state index is 0.295. The van der Waals surface area contributed by atoms with Gasteiger partial charge in [0, 0.05) is 12.4 Å². The maximum atomic E-state index is 12.2. The zero-order valence-electron chi connectivity index (χ0n) is 12.6. The summed E-state index contributed by atoms with van der Waals surface area (Å²) in [5.41, 5.74) is 1.56. The van der Waals surface area contributed by atoms with Gasteiger partial charge in [-0.2, -0.15) is 0 Å². The smallest absolute Gasteiger partial charge is 0.274 e. The summed E-state index contributed by atoms with van der Waals surface area (Å²) in [5.74, 6) is -0.703. The van der Waals surface area contributed by atoms with Crippen LogP contribution in [0.3, 0.4) is 0 Å². The van der Waals surface area contributed by atoms with Crippen LogP contribution in [0.2, 0.25) is 0 Å². The lowest BCUT2D eigenvalue weighted by atomic mass is 10.2. The highest BCUT2D eigenvalue weighted by Gasteiger charge is 2.12. The minimum atomic E-state index is -0.352. The van der Waals surface area contributed by atoms with Crippen molar-refractivity contribution >= 4 is 23.2 Å². The maximum absolute atomic E-state index is 12.2. The Morgan fingerprint density at radius 1 is 0.625 bits per heavy atom. The van der Waals surface area contributed by atoms with E-state index < -0.39 is 0 Å². The number of carbonyl (C=O) groups is 2. The van der Waals surface area contributed by atoms with Crippen LogP contribution in [0, 0.1) is 0 Å². The van der Waals surface area contributed by atoms with Crippen LogP contribution >= 0.6 is 0 Å². The highest BCUT2D eigenvalue weighted by Crippen LogP contribution is 2.22. The molecule has 1 aromatic carbocycles. The molecule has 0 atom stereocenters. The molecular weight excluding hydrogens is 304 g/mol. The van der Waals surface area contributed by atoms with Gasteiger partial charge in [0.1, 0.15) is 11.4 Å². The van der Waals surface area contributed by atoms with Crippen LogP contribution < -0.4 is 10.6 Å². The number of nitrogens with one attached hydrogen (secondary N) is 2. The Kier molecular flexibility index (Phi) is 4.57. The second-order valence-electron chi connectivity index (χ2n) is 4.88. The molecule has 0 aliphatic rings. The molecule has 2 aromatic heterocycles. The monoisotopic (exact) mass is 318 g/mol. The van der Waals surface area contributed by atoms with Gasteiger partial charge in [-0.05, 0) is 36.4 Å². The number of rotatable bonds is 4. The van der Waals surface area contributed by atoms with Crippen molar-refractivity contribution in [3.63, 3.8) is 0 Å². The number of para-hydroxylation sites is 2. The van der Waals surface area contributed by atoms with Gasteiger partial charge in [-0.3, -0.25) is 19.6 Å². The summed E-state index contributed by atoms with van der Waals surface area (Å²) in [7, 11) is 0. The van der Waals surface area contributed by atoms with E-state index in [1.165, 1.54) is 0 Å². The molecule has 0 aliphatic carbocycles. The van der Waals surface area contributed by atoms with Crippen LogP contribution in [0.15, 0.2) is 73.1 Å². The number of aromatic nitrogens is 2. The fourth-order valence-corrected chi connectivity index (χ4v) is 2.07.